The number of rotatable bonds is 3. The molecule has 5 nitrogen and oxygen atoms in total. The molecular weight excluding hydrogens is 256 g/mol. The van der Waals surface area contributed by atoms with Crippen molar-refractivity contribution in [2.45, 2.75) is 65.5 Å². The first-order valence-electron chi connectivity index (χ1n) is 7.44. The number of likely N-dealkylation sites (tertiary alicyclic amines) is 1. The molecule has 116 valence electrons. The molecule has 0 aromatic carbocycles. The van der Waals surface area contributed by atoms with Gasteiger partial charge in [-0.05, 0) is 39.5 Å². The molecule has 0 aromatic heterocycles. The molecule has 1 unspecified atom stereocenters. The summed E-state index contributed by atoms with van der Waals surface area (Å²) in [7, 11) is 0. The first-order chi connectivity index (χ1) is 9.17. The van der Waals surface area contributed by atoms with E-state index in [-0.39, 0.29) is 18.0 Å². The van der Waals surface area contributed by atoms with E-state index >= 15 is 0 Å². The van der Waals surface area contributed by atoms with Crippen LogP contribution in [0, 0.1) is 5.92 Å². The molecule has 1 atom stereocenters. The molecule has 0 bridgehead atoms. The molecule has 1 aliphatic heterocycles. The molecule has 0 radical (unpaired) electrons. The van der Waals surface area contributed by atoms with E-state index in [0.717, 1.165) is 12.8 Å². The van der Waals surface area contributed by atoms with Gasteiger partial charge in [0.15, 0.2) is 0 Å². The van der Waals surface area contributed by atoms with E-state index < -0.39 is 5.60 Å². The van der Waals surface area contributed by atoms with Crippen molar-refractivity contribution in [1.82, 2.24) is 10.2 Å². The van der Waals surface area contributed by atoms with Crippen molar-refractivity contribution in [3.05, 3.63) is 0 Å². The van der Waals surface area contributed by atoms with E-state index in [4.69, 9.17) is 4.74 Å². The van der Waals surface area contributed by atoms with Crippen LogP contribution in [0.5, 0.6) is 0 Å². The lowest BCUT2D eigenvalue weighted by atomic mass is 10.0. The molecule has 1 rings (SSSR count). The van der Waals surface area contributed by atoms with Crippen molar-refractivity contribution >= 4 is 12.0 Å². The standard InChI is InChI=1S/C15H28N2O3/c1-11(2)9-13(18)16-12-7-6-8-17(10-12)14(19)20-15(3,4)5/h11-12H,6-10H2,1-5H3,(H,16,18). The van der Waals surface area contributed by atoms with Crippen LogP contribution in [-0.4, -0.2) is 41.6 Å². The number of piperidine rings is 1. The summed E-state index contributed by atoms with van der Waals surface area (Å²) < 4.78 is 5.37. The van der Waals surface area contributed by atoms with E-state index in [9.17, 15) is 9.59 Å². The fourth-order valence-corrected chi connectivity index (χ4v) is 2.24. The molecule has 2 amide bonds. The highest BCUT2D eigenvalue weighted by Gasteiger charge is 2.28. The van der Waals surface area contributed by atoms with Crippen molar-refractivity contribution in [2.24, 2.45) is 5.92 Å². The van der Waals surface area contributed by atoms with Crippen molar-refractivity contribution in [3.63, 3.8) is 0 Å². The quantitative estimate of drug-likeness (QED) is 0.866. The number of amides is 2. The number of nitrogens with one attached hydrogen (secondary N) is 1. The lowest BCUT2D eigenvalue weighted by molar-refractivity contribution is -0.122. The SMILES string of the molecule is CC(C)CC(=O)NC1CCCN(C(=O)OC(C)(C)C)C1. The summed E-state index contributed by atoms with van der Waals surface area (Å²) in [4.78, 5) is 25.5. The molecule has 5 heteroatoms. The molecule has 0 aliphatic carbocycles. The second kappa shape index (κ2) is 6.95. The van der Waals surface area contributed by atoms with Crippen LogP contribution in [0.1, 0.15) is 53.9 Å². The van der Waals surface area contributed by atoms with Crippen molar-refractivity contribution in [3.8, 4) is 0 Å². The molecule has 1 saturated heterocycles. The summed E-state index contributed by atoms with van der Waals surface area (Å²) in [5, 5.41) is 3.01. The molecular formula is C15H28N2O3. The molecule has 0 spiro atoms. The Morgan fingerprint density at radius 3 is 2.55 bits per heavy atom. The van der Waals surface area contributed by atoms with Gasteiger partial charge in [-0.1, -0.05) is 13.8 Å². The third-order valence-electron chi connectivity index (χ3n) is 3.03. The summed E-state index contributed by atoms with van der Waals surface area (Å²) in [6, 6.07) is 0.0440. The van der Waals surface area contributed by atoms with Gasteiger partial charge in [0.05, 0.1) is 0 Å². The highest BCUT2D eigenvalue weighted by atomic mass is 16.6. The Morgan fingerprint density at radius 2 is 2.00 bits per heavy atom. The van der Waals surface area contributed by atoms with Crippen molar-refractivity contribution in [2.75, 3.05) is 13.1 Å². The smallest absolute Gasteiger partial charge is 0.410 e. The van der Waals surface area contributed by atoms with Crippen LogP contribution >= 0.6 is 0 Å². The minimum atomic E-state index is -0.481. The fourth-order valence-electron chi connectivity index (χ4n) is 2.24. The Hall–Kier alpha value is -1.26. The van der Waals surface area contributed by atoms with Crippen LogP contribution in [0.25, 0.3) is 0 Å². The maximum absolute atomic E-state index is 12.0. The third kappa shape index (κ3) is 6.26. The Morgan fingerprint density at radius 1 is 1.35 bits per heavy atom. The zero-order valence-electron chi connectivity index (χ0n) is 13.4. The number of nitrogens with zero attached hydrogens (tertiary/aromatic N) is 1. The lowest BCUT2D eigenvalue weighted by Gasteiger charge is -2.34. The summed E-state index contributed by atoms with van der Waals surface area (Å²) in [6.07, 6.45) is 2.05. The molecule has 0 saturated carbocycles. The van der Waals surface area contributed by atoms with Crippen LogP contribution in [0.15, 0.2) is 0 Å². The average molecular weight is 284 g/mol. The highest BCUT2D eigenvalue weighted by Crippen LogP contribution is 2.15. The average Bonchev–Trinajstić information content (AvgIpc) is 2.25. The van der Waals surface area contributed by atoms with Gasteiger partial charge in [-0.3, -0.25) is 4.79 Å². The molecule has 0 aromatic rings. The second-order valence-electron chi connectivity index (χ2n) is 6.93. The Balaban J connectivity index is 2.46. The monoisotopic (exact) mass is 284 g/mol. The number of hydrogen-bond acceptors (Lipinski definition) is 3. The van der Waals surface area contributed by atoms with Gasteiger partial charge in [0.1, 0.15) is 5.60 Å². The van der Waals surface area contributed by atoms with Crippen LogP contribution < -0.4 is 5.32 Å². The predicted octanol–water partition coefficient (Wildman–Crippen LogP) is 2.55. The van der Waals surface area contributed by atoms with Crippen LogP contribution in [-0.2, 0) is 9.53 Å². The summed E-state index contributed by atoms with van der Waals surface area (Å²) >= 11 is 0. The summed E-state index contributed by atoms with van der Waals surface area (Å²) in [5.74, 6) is 0.414. The van der Waals surface area contributed by atoms with E-state index in [1.165, 1.54) is 0 Å². The number of carbonyl (C=O) groups excluding carboxylic acids is 2. The number of carbonyl (C=O) groups is 2. The fraction of sp³-hybridized carbons (Fsp3) is 0.867. The van der Waals surface area contributed by atoms with Gasteiger partial charge >= 0.3 is 6.09 Å². The molecule has 1 heterocycles. The van der Waals surface area contributed by atoms with Crippen LogP contribution in [0.2, 0.25) is 0 Å². The Labute approximate surface area is 122 Å². The van der Waals surface area contributed by atoms with Gasteiger partial charge in [0.25, 0.3) is 0 Å². The lowest BCUT2D eigenvalue weighted by Crippen LogP contribution is -2.50. The summed E-state index contributed by atoms with van der Waals surface area (Å²) in [6.45, 7) is 10.9. The number of ether oxygens (including phenoxy) is 1. The molecule has 1 fully saturated rings. The largest absolute Gasteiger partial charge is 0.444 e. The summed E-state index contributed by atoms with van der Waals surface area (Å²) in [5.41, 5.74) is -0.481. The molecule has 1 aliphatic rings. The van der Waals surface area contributed by atoms with E-state index in [0.29, 0.717) is 25.4 Å². The minimum absolute atomic E-state index is 0.0440. The van der Waals surface area contributed by atoms with Crippen LogP contribution in [0.3, 0.4) is 0 Å². The van der Waals surface area contributed by atoms with Crippen molar-refractivity contribution in [1.29, 1.82) is 0 Å². The molecule has 1 N–H and O–H groups in total. The van der Waals surface area contributed by atoms with Gasteiger partial charge in [-0.2, -0.15) is 0 Å². The van der Waals surface area contributed by atoms with E-state index in [1.807, 2.05) is 34.6 Å². The first kappa shape index (κ1) is 16.8. The van der Waals surface area contributed by atoms with Gasteiger partial charge in [0.2, 0.25) is 5.91 Å². The predicted molar refractivity (Wildman–Crippen MR) is 78.4 cm³/mol. The minimum Gasteiger partial charge on any atom is -0.444 e. The maximum atomic E-state index is 12.0. The van der Waals surface area contributed by atoms with Gasteiger partial charge in [-0.15, -0.1) is 0 Å². The van der Waals surface area contributed by atoms with E-state index in [1.54, 1.807) is 4.90 Å². The number of hydrogen-bond donors (Lipinski definition) is 1. The van der Waals surface area contributed by atoms with Gasteiger partial charge in [0, 0.05) is 25.6 Å². The van der Waals surface area contributed by atoms with E-state index in [2.05, 4.69) is 5.32 Å². The highest BCUT2D eigenvalue weighted by molar-refractivity contribution is 5.76. The van der Waals surface area contributed by atoms with Gasteiger partial charge < -0.3 is 15.0 Å². The topological polar surface area (TPSA) is 58.6 Å². The Bertz CT molecular complexity index is 348. The normalized spacial score (nSPS) is 19.9. The first-order valence-corrected chi connectivity index (χ1v) is 7.44. The third-order valence-corrected chi connectivity index (χ3v) is 3.03. The molecule has 20 heavy (non-hydrogen) atoms. The van der Waals surface area contributed by atoms with Gasteiger partial charge in [-0.25, -0.2) is 4.79 Å². The maximum Gasteiger partial charge on any atom is 0.410 e. The van der Waals surface area contributed by atoms with Crippen molar-refractivity contribution < 1.29 is 14.3 Å². The van der Waals surface area contributed by atoms with Crippen LogP contribution in [0.4, 0.5) is 4.79 Å². The second-order valence-corrected chi connectivity index (χ2v) is 6.93. The zero-order chi connectivity index (χ0) is 15.3. The zero-order valence-corrected chi connectivity index (χ0v) is 13.4. The Kier molecular flexibility index (Phi) is 5.84.